The van der Waals surface area contributed by atoms with Crippen LogP contribution < -0.4 is 0 Å². The van der Waals surface area contributed by atoms with Gasteiger partial charge in [0.05, 0.1) is 14.2 Å². The minimum atomic E-state index is -1.26. The number of methoxy groups -OCH3 is 2. The van der Waals surface area contributed by atoms with E-state index in [1.165, 1.54) is 0 Å². The Labute approximate surface area is 121 Å². The highest BCUT2D eigenvalue weighted by atomic mass is 35.5. The second-order valence-electron chi connectivity index (χ2n) is 4.19. The van der Waals surface area contributed by atoms with Crippen LogP contribution >= 0.6 is 11.6 Å². The normalized spacial score (nSPS) is 10.2. The van der Waals surface area contributed by atoms with Gasteiger partial charge in [0, 0.05) is 17.0 Å². The van der Waals surface area contributed by atoms with Crippen LogP contribution in [-0.4, -0.2) is 31.9 Å². The van der Waals surface area contributed by atoms with E-state index in [4.69, 9.17) is 11.6 Å². The molecule has 0 saturated carbocycles. The number of carbonyl (C=O) groups is 3. The lowest BCUT2D eigenvalue weighted by Crippen LogP contribution is -2.29. The molecule has 0 heterocycles. The molecule has 0 spiro atoms. The first-order valence-electron chi connectivity index (χ1n) is 5.85. The number of halogens is 1. The summed E-state index contributed by atoms with van der Waals surface area (Å²) in [5.41, 5.74) is 1.12. The Bertz CT molecular complexity index is 522. The van der Waals surface area contributed by atoms with E-state index in [9.17, 15) is 14.4 Å². The molecule has 108 valence electrons. The number of benzene rings is 1. The van der Waals surface area contributed by atoms with Crippen molar-refractivity contribution in [2.24, 2.45) is 5.92 Å². The van der Waals surface area contributed by atoms with Crippen molar-refractivity contribution in [1.29, 1.82) is 0 Å². The average Bonchev–Trinajstić information content (AvgIpc) is 2.45. The molecule has 1 rings (SSSR count). The number of ether oxygens (including phenoxy) is 2. The summed E-state index contributed by atoms with van der Waals surface area (Å²) in [4.78, 5) is 35.1. The smallest absolute Gasteiger partial charge is 0.320 e. The molecule has 0 bridgehead atoms. The van der Waals surface area contributed by atoms with Crippen LogP contribution in [0.5, 0.6) is 0 Å². The van der Waals surface area contributed by atoms with E-state index in [1.807, 2.05) is 0 Å². The molecule has 0 radical (unpaired) electrons. The van der Waals surface area contributed by atoms with Gasteiger partial charge in [-0.15, -0.1) is 0 Å². The van der Waals surface area contributed by atoms with Gasteiger partial charge in [-0.1, -0.05) is 11.6 Å². The molecule has 0 N–H and O–H groups in total. The lowest BCUT2D eigenvalue weighted by molar-refractivity contribution is -0.158. The Morgan fingerprint density at radius 3 is 2.15 bits per heavy atom. The zero-order valence-corrected chi connectivity index (χ0v) is 12.2. The Kier molecular flexibility index (Phi) is 5.70. The molecule has 0 aromatic heterocycles. The highest BCUT2D eigenvalue weighted by Crippen LogP contribution is 2.19. The van der Waals surface area contributed by atoms with E-state index in [0.29, 0.717) is 10.6 Å². The summed E-state index contributed by atoms with van der Waals surface area (Å²) in [6.07, 6.45) is -0.305. The van der Waals surface area contributed by atoms with E-state index in [2.05, 4.69) is 9.47 Å². The summed E-state index contributed by atoms with van der Waals surface area (Å²) < 4.78 is 9.00. The third kappa shape index (κ3) is 3.81. The van der Waals surface area contributed by atoms with Gasteiger partial charge in [-0.2, -0.15) is 0 Å². The molecule has 0 saturated heterocycles. The number of aryl methyl sites for hydroxylation is 1. The molecule has 20 heavy (non-hydrogen) atoms. The number of rotatable bonds is 5. The maximum atomic E-state index is 12.1. The van der Waals surface area contributed by atoms with Gasteiger partial charge in [-0.25, -0.2) is 0 Å². The van der Waals surface area contributed by atoms with Crippen molar-refractivity contribution in [3.63, 3.8) is 0 Å². The van der Waals surface area contributed by atoms with E-state index in [-0.39, 0.29) is 12.2 Å². The van der Waals surface area contributed by atoms with Gasteiger partial charge in [0.25, 0.3) is 0 Å². The van der Waals surface area contributed by atoms with E-state index in [1.54, 1.807) is 25.1 Å². The topological polar surface area (TPSA) is 69.7 Å². The number of ketones is 1. The third-order valence-corrected chi connectivity index (χ3v) is 3.26. The molecule has 0 atom stereocenters. The minimum absolute atomic E-state index is 0.305. The Morgan fingerprint density at radius 2 is 1.70 bits per heavy atom. The molecule has 1 aromatic rings. The molecule has 5 nitrogen and oxygen atoms in total. The largest absolute Gasteiger partial charge is 0.468 e. The van der Waals surface area contributed by atoms with Gasteiger partial charge < -0.3 is 9.47 Å². The van der Waals surface area contributed by atoms with Gasteiger partial charge >= 0.3 is 11.9 Å². The fraction of sp³-hybridized carbons (Fsp3) is 0.357. The number of hydrogen-bond acceptors (Lipinski definition) is 5. The van der Waals surface area contributed by atoms with Crippen molar-refractivity contribution in [3.8, 4) is 0 Å². The maximum absolute atomic E-state index is 12.1. The van der Waals surface area contributed by atoms with Gasteiger partial charge in [-0.3, -0.25) is 14.4 Å². The minimum Gasteiger partial charge on any atom is -0.468 e. The average molecular weight is 299 g/mol. The molecular weight excluding hydrogens is 284 g/mol. The molecule has 0 unspecified atom stereocenters. The summed E-state index contributed by atoms with van der Waals surface area (Å²) in [6, 6.07) is 4.75. The van der Waals surface area contributed by atoms with Crippen LogP contribution in [0.1, 0.15) is 22.3 Å². The lowest BCUT2D eigenvalue weighted by atomic mass is 9.97. The van der Waals surface area contributed by atoms with Crippen molar-refractivity contribution < 1.29 is 23.9 Å². The van der Waals surface area contributed by atoms with Crippen LogP contribution in [0.3, 0.4) is 0 Å². The predicted octanol–water partition coefficient (Wildman–Crippen LogP) is 2.18. The second kappa shape index (κ2) is 7.05. The van der Waals surface area contributed by atoms with Gasteiger partial charge in [0.15, 0.2) is 11.7 Å². The number of esters is 2. The van der Waals surface area contributed by atoms with Crippen LogP contribution in [0.4, 0.5) is 0 Å². The Morgan fingerprint density at radius 1 is 1.15 bits per heavy atom. The van der Waals surface area contributed by atoms with Crippen LogP contribution in [-0.2, 0) is 19.1 Å². The van der Waals surface area contributed by atoms with Crippen LogP contribution in [0.2, 0.25) is 5.02 Å². The standard InChI is InChI=1S/C14H15ClO5/c1-8-6-9(4-5-11(8)15)12(16)7-10(13(17)19-2)14(18)20-3/h4-6,10H,7H2,1-3H3. The Balaban J connectivity index is 2.93. The summed E-state index contributed by atoms with van der Waals surface area (Å²) in [5, 5.41) is 0.541. The zero-order valence-electron chi connectivity index (χ0n) is 11.4. The quantitative estimate of drug-likeness (QED) is 0.473. The fourth-order valence-electron chi connectivity index (χ4n) is 1.67. The second-order valence-corrected chi connectivity index (χ2v) is 4.60. The molecule has 0 aliphatic heterocycles. The molecule has 1 aromatic carbocycles. The highest BCUT2D eigenvalue weighted by molar-refractivity contribution is 6.31. The number of Topliss-reactive ketones (excluding diaryl/α,β-unsaturated/α-hetero) is 1. The van der Waals surface area contributed by atoms with Crippen molar-refractivity contribution in [1.82, 2.24) is 0 Å². The van der Waals surface area contributed by atoms with E-state index < -0.39 is 17.9 Å². The monoisotopic (exact) mass is 298 g/mol. The van der Waals surface area contributed by atoms with Crippen LogP contribution in [0.25, 0.3) is 0 Å². The third-order valence-electron chi connectivity index (χ3n) is 2.84. The predicted molar refractivity (Wildman–Crippen MR) is 72.7 cm³/mol. The van der Waals surface area contributed by atoms with Gasteiger partial charge in [-0.05, 0) is 30.7 Å². The maximum Gasteiger partial charge on any atom is 0.320 e. The number of hydrogen-bond donors (Lipinski definition) is 0. The zero-order chi connectivity index (χ0) is 15.3. The Hall–Kier alpha value is -1.88. The molecular formula is C14H15ClO5. The highest BCUT2D eigenvalue weighted by Gasteiger charge is 2.31. The molecule has 0 fully saturated rings. The fourth-order valence-corrected chi connectivity index (χ4v) is 1.79. The van der Waals surface area contributed by atoms with Crippen molar-refractivity contribution in [2.45, 2.75) is 13.3 Å². The van der Waals surface area contributed by atoms with Crippen molar-refractivity contribution in [2.75, 3.05) is 14.2 Å². The van der Waals surface area contributed by atoms with Crippen molar-refractivity contribution >= 4 is 29.3 Å². The summed E-state index contributed by atoms with van der Waals surface area (Å²) >= 11 is 5.88. The van der Waals surface area contributed by atoms with Crippen LogP contribution in [0.15, 0.2) is 18.2 Å². The number of carbonyl (C=O) groups excluding carboxylic acids is 3. The van der Waals surface area contributed by atoms with Gasteiger partial charge in [0.1, 0.15) is 0 Å². The first-order valence-corrected chi connectivity index (χ1v) is 6.23. The van der Waals surface area contributed by atoms with Gasteiger partial charge in [0.2, 0.25) is 0 Å². The molecule has 6 heteroatoms. The van der Waals surface area contributed by atoms with E-state index >= 15 is 0 Å². The summed E-state index contributed by atoms with van der Waals surface area (Å²) in [6.45, 7) is 1.76. The summed E-state index contributed by atoms with van der Waals surface area (Å²) in [7, 11) is 2.30. The SMILES string of the molecule is COC(=O)C(CC(=O)c1ccc(Cl)c(C)c1)C(=O)OC. The van der Waals surface area contributed by atoms with E-state index in [0.717, 1.165) is 19.8 Å². The summed E-state index contributed by atoms with van der Waals surface area (Å²) in [5.74, 6) is -3.20. The first kappa shape index (κ1) is 16.2. The molecule has 0 aliphatic carbocycles. The lowest BCUT2D eigenvalue weighted by Gasteiger charge is -2.12. The van der Waals surface area contributed by atoms with Crippen LogP contribution in [0, 0.1) is 12.8 Å². The molecule has 0 amide bonds. The first-order chi connectivity index (χ1) is 9.40. The molecule has 0 aliphatic rings. The van der Waals surface area contributed by atoms with Crippen molar-refractivity contribution in [3.05, 3.63) is 34.3 Å².